The molecule has 1 heterocycles. The molecule has 7 heteroatoms. The Balaban J connectivity index is 1.80. The van der Waals surface area contributed by atoms with Crippen LogP contribution in [0.2, 0.25) is 0 Å². The van der Waals surface area contributed by atoms with E-state index in [1.54, 1.807) is 0 Å². The van der Waals surface area contributed by atoms with Crippen molar-refractivity contribution in [2.24, 2.45) is 0 Å². The van der Waals surface area contributed by atoms with Crippen LogP contribution >= 0.6 is 0 Å². The second kappa shape index (κ2) is 10.9. The molecule has 0 atom stereocenters. The fraction of sp³-hybridized carbons (Fsp3) is 0.619. The first-order valence-corrected chi connectivity index (χ1v) is 10.2. The molecule has 28 heavy (non-hydrogen) atoms. The van der Waals surface area contributed by atoms with E-state index in [4.69, 9.17) is 9.84 Å². The van der Waals surface area contributed by atoms with Gasteiger partial charge in [-0.2, -0.15) is 0 Å². The number of benzene rings is 1. The number of carboxylic acids is 1. The molecular weight excluding hydrogens is 358 g/mol. The zero-order valence-corrected chi connectivity index (χ0v) is 17.2. The van der Waals surface area contributed by atoms with E-state index in [2.05, 4.69) is 12.2 Å². The van der Waals surface area contributed by atoms with Crippen molar-refractivity contribution in [1.82, 2.24) is 15.1 Å². The van der Waals surface area contributed by atoms with Crippen molar-refractivity contribution in [2.75, 3.05) is 32.8 Å². The number of carbonyl (C=O) groups is 2. The third-order valence-corrected chi connectivity index (χ3v) is 5.23. The molecule has 0 radical (unpaired) electrons. The fourth-order valence-corrected chi connectivity index (χ4v) is 3.57. The second-order valence-electron chi connectivity index (χ2n) is 7.27. The summed E-state index contributed by atoms with van der Waals surface area (Å²) in [5, 5.41) is 12.0. The van der Waals surface area contributed by atoms with Crippen molar-refractivity contribution in [3.8, 4) is 5.75 Å². The molecule has 0 bridgehead atoms. The van der Waals surface area contributed by atoms with Gasteiger partial charge in [0.05, 0.1) is 13.2 Å². The molecule has 2 rings (SSSR count). The van der Waals surface area contributed by atoms with Crippen LogP contribution in [0.25, 0.3) is 0 Å². The zero-order valence-electron chi connectivity index (χ0n) is 17.2. The summed E-state index contributed by atoms with van der Waals surface area (Å²) in [6.45, 7) is 9.32. The Labute approximate surface area is 167 Å². The normalized spacial score (nSPS) is 14.9. The van der Waals surface area contributed by atoms with Gasteiger partial charge in [0.1, 0.15) is 5.75 Å². The number of carbonyl (C=O) groups excluding carboxylic acids is 1. The number of nitrogens with zero attached hydrogens (tertiary/aromatic N) is 2. The molecule has 2 amide bonds. The fourth-order valence-electron chi connectivity index (χ4n) is 3.57. The molecule has 0 saturated carbocycles. The number of aryl methyl sites for hydroxylation is 1. The minimum Gasteiger partial charge on any atom is -0.494 e. The van der Waals surface area contributed by atoms with Gasteiger partial charge in [-0.05, 0) is 56.0 Å². The SMILES string of the molecule is CCCOc1ccc(CNC(=O)N2CCC(N(CC)CC(=O)O)CC2)c(C)c1. The lowest BCUT2D eigenvalue weighted by Crippen LogP contribution is -2.50. The molecule has 0 spiro atoms. The second-order valence-corrected chi connectivity index (χ2v) is 7.27. The number of rotatable bonds is 9. The monoisotopic (exact) mass is 391 g/mol. The first-order valence-electron chi connectivity index (χ1n) is 10.2. The average molecular weight is 392 g/mol. The van der Waals surface area contributed by atoms with Crippen LogP contribution in [0.15, 0.2) is 18.2 Å². The van der Waals surface area contributed by atoms with Gasteiger partial charge in [0.25, 0.3) is 0 Å². The van der Waals surface area contributed by atoms with Crippen LogP contribution < -0.4 is 10.1 Å². The van der Waals surface area contributed by atoms with Crippen LogP contribution in [-0.2, 0) is 11.3 Å². The Hall–Kier alpha value is -2.28. The molecule has 1 aliphatic rings. The number of aliphatic carboxylic acids is 1. The largest absolute Gasteiger partial charge is 0.494 e. The van der Waals surface area contributed by atoms with E-state index < -0.39 is 5.97 Å². The maximum Gasteiger partial charge on any atom is 0.317 e. The van der Waals surface area contributed by atoms with Gasteiger partial charge in [-0.3, -0.25) is 9.69 Å². The van der Waals surface area contributed by atoms with Crippen LogP contribution in [0.1, 0.15) is 44.2 Å². The number of hydrogen-bond donors (Lipinski definition) is 2. The number of piperidine rings is 1. The summed E-state index contributed by atoms with van der Waals surface area (Å²) in [5.74, 6) is 0.0573. The van der Waals surface area contributed by atoms with Gasteiger partial charge in [0.15, 0.2) is 0 Å². The lowest BCUT2D eigenvalue weighted by atomic mass is 10.0. The van der Waals surface area contributed by atoms with Crippen LogP contribution in [0.4, 0.5) is 4.79 Å². The van der Waals surface area contributed by atoms with Gasteiger partial charge in [0.2, 0.25) is 0 Å². The Bertz CT molecular complexity index is 657. The van der Waals surface area contributed by atoms with Gasteiger partial charge >= 0.3 is 12.0 Å². The molecule has 1 aromatic rings. The van der Waals surface area contributed by atoms with E-state index in [9.17, 15) is 9.59 Å². The summed E-state index contributed by atoms with van der Waals surface area (Å²) >= 11 is 0. The minimum atomic E-state index is -0.802. The Morgan fingerprint density at radius 1 is 1.29 bits per heavy atom. The Kier molecular flexibility index (Phi) is 8.57. The van der Waals surface area contributed by atoms with Crippen molar-refractivity contribution in [2.45, 2.75) is 52.6 Å². The molecule has 1 aliphatic heterocycles. The molecule has 0 aliphatic carbocycles. The highest BCUT2D eigenvalue weighted by Gasteiger charge is 2.27. The van der Waals surface area contributed by atoms with E-state index in [0.717, 1.165) is 36.1 Å². The average Bonchev–Trinajstić information content (AvgIpc) is 2.69. The van der Waals surface area contributed by atoms with Crippen molar-refractivity contribution in [3.63, 3.8) is 0 Å². The lowest BCUT2D eigenvalue weighted by Gasteiger charge is -2.37. The van der Waals surface area contributed by atoms with E-state index in [1.807, 2.05) is 41.8 Å². The predicted octanol–water partition coefficient (Wildman–Crippen LogP) is 2.86. The summed E-state index contributed by atoms with van der Waals surface area (Å²) in [6.07, 6.45) is 2.58. The quantitative estimate of drug-likeness (QED) is 0.676. The molecular formula is C21H33N3O4. The number of urea groups is 1. The molecule has 156 valence electrons. The summed E-state index contributed by atoms with van der Waals surface area (Å²) < 4.78 is 5.64. The first-order chi connectivity index (χ1) is 13.4. The van der Waals surface area contributed by atoms with Crippen LogP contribution in [-0.4, -0.2) is 65.7 Å². The van der Waals surface area contributed by atoms with Crippen molar-refractivity contribution in [3.05, 3.63) is 29.3 Å². The van der Waals surface area contributed by atoms with Gasteiger partial charge < -0.3 is 20.1 Å². The van der Waals surface area contributed by atoms with Crippen molar-refractivity contribution >= 4 is 12.0 Å². The molecule has 1 fully saturated rings. The summed E-state index contributed by atoms with van der Waals surface area (Å²) in [5.41, 5.74) is 2.17. The van der Waals surface area contributed by atoms with Crippen LogP contribution in [0, 0.1) is 6.92 Å². The number of ether oxygens (including phenoxy) is 1. The maximum absolute atomic E-state index is 12.5. The third-order valence-electron chi connectivity index (χ3n) is 5.23. The van der Waals surface area contributed by atoms with E-state index >= 15 is 0 Å². The molecule has 1 aromatic carbocycles. The number of hydrogen-bond acceptors (Lipinski definition) is 4. The highest BCUT2D eigenvalue weighted by atomic mass is 16.5. The molecule has 7 nitrogen and oxygen atoms in total. The highest BCUT2D eigenvalue weighted by molar-refractivity contribution is 5.74. The topological polar surface area (TPSA) is 82.1 Å². The minimum absolute atomic E-state index is 0.0601. The molecule has 0 unspecified atom stereocenters. The zero-order chi connectivity index (χ0) is 20.5. The van der Waals surface area contributed by atoms with Crippen LogP contribution in [0.5, 0.6) is 5.75 Å². The number of amides is 2. The number of nitrogens with one attached hydrogen (secondary N) is 1. The predicted molar refractivity (Wildman–Crippen MR) is 109 cm³/mol. The Morgan fingerprint density at radius 3 is 2.57 bits per heavy atom. The van der Waals surface area contributed by atoms with E-state index in [0.29, 0.717) is 32.8 Å². The number of likely N-dealkylation sites (N-methyl/N-ethyl adjacent to an activating group) is 1. The van der Waals surface area contributed by atoms with Crippen molar-refractivity contribution in [1.29, 1.82) is 0 Å². The van der Waals surface area contributed by atoms with Gasteiger partial charge in [0, 0.05) is 25.7 Å². The van der Waals surface area contributed by atoms with E-state index in [1.165, 1.54) is 0 Å². The number of likely N-dealkylation sites (tertiary alicyclic amines) is 1. The first kappa shape index (κ1) is 22.0. The number of carboxylic acid groups (broad SMARTS) is 1. The van der Waals surface area contributed by atoms with E-state index in [-0.39, 0.29) is 18.6 Å². The van der Waals surface area contributed by atoms with Crippen molar-refractivity contribution < 1.29 is 19.4 Å². The van der Waals surface area contributed by atoms with Gasteiger partial charge in [-0.25, -0.2) is 4.79 Å². The summed E-state index contributed by atoms with van der Waals surface area (Å²) in [7, 11) is 0. The summed E-state index contributed by atoms with van der Waals surface area (Å²) in [6, 6.07) is 6.10. The maximum atomic E-state index is 12.5. The Morgan fingerprint density at radius 2 is 2.00 bits per heavy atom. The molecule has 2 N–H and O–H groups in total. The van der Waals surface area contributed by atoms with Gasteiger partial charge in [-0.15, -0.1) is 0 Å². The smallest absolute Gasteiger partial charge is 0.317 e. The van der Waals surface area contributed by atoms with Crippen LogP contribution in [0.3, 0.4) is 0 Å². The lowest BCUT2D eigenvalue weighted by molar-refractivity contribution is -0.139. The third kappa shape index (κ3) is 6.41. The molecule has 0 aromatic heterocycles. The molecule has 1 saturated heterocycles. The van der Waals surface area contributed by atoms with Gasteiger partial charge in [-0.1, -0.05) is 19.9 Å². The highest BCUT2D eigenvalue weighted by Crippen LogP contribution is 2.19. The standard InChI is InChI=1S/C21H33N3O4/c1-4-12-28-19-7-6-17(16(3)13-19)14-22-21(27)24-10-8-18(9-11-24)23(5-2)15-20(25)26/h6-7,13,18H,4-5,8-12,14-15H2,1-3H3,(H,22,27)(H,25,26). The summed E-state index contributed by atoms with van der Waals surface area (Å²) in [4.78, 5) is 27.3.